The second-order valence-electron chi connectivity index (χ2n) is 6.00. The fourth-order valence-corrected chi connectivity index (χ4v) is 3.70. The quantitative estimate of drug-likeness (QED) is 0.236. The molecule has 1 amide bonds. The largest absolute Gasteiger partial charge is 0.357 e. The van der Waals surface area contributed by atoms with Gasteiger partial charge in [0.2, 0.25) is 0 Å². The van der Waals surface area contributed by atoms with E-state index in [0.717, 1.165) is 19.0 Å². The SMILES string of the molecule is CCNC(=NCC1CCCS1)NCCNC(=O)c1ccc(C)c(F)c1.I. The molecule has 1 saturated heterocycles. The first-order chi connectivity index (χ1) is 12.1. The Kier molecular flexibility index (Phi) is 11.0. The van der Waals surface area contributed by atoms with Gasteiger partial charge < -0.3 is 16.0 Å². The Labute approximate surface area is 176 Å². The number of aliphatic imine (C=N–C) groups is 1. The molecular formula is C18H28FIN4OS. The first-order valence-corrected chi connectivity index (χ1v) is 9.83. The summed E-state index contributed by atoms with van der Waals surface area (Å²) >= 11 is 1.98. The molecule has 1 unspecified atom stereocenters. The van der Waals surface area contributed by atoms with E-state index >= 15 is 0 Å². The number of hydrogen-bond acceptors (Lipinski definition) is 3. The van der Waals surface area contributed by atoms with E-state index in [0.29, 0.717) is 29.5 Å². The number of benzene rings is 1. The van der Waals surface area contributed by atoms with Crippen molar-refractivity contribution in [2.75, 3.05) is 31.9 Å². The summed E-state index contributed by atoms with van der Waals surface area (Å²) in [6.45, 7) is 6.30. The van der Waals surface area contributed by atoms with Crippen molar-refractivity contribution < 1.29 is 9.18 Å². The molecule has 3 N–H and O–H groups in total. The Balaban J connectivity index is 0.00000338. The van der Waals surface area contributed by atoms with Crippen LogP contribution in [0.1, 0.15) is 35.7 Å². The van der Waals surface area contributed by atoms with Crippen LogP contribution in [0.3, 0.4) is 0 Å². The molecule has 146 valence electrons. The number of guanidine groups is 1. The molecular weight excluding hydrogens is 466 g/mol. The average Bonchev–Trinajstić information content (AvgIpc) is 3.12. The molecule has 1 atom stereocenters. The zero-order valence-electron chi connectivity index (χ0n) is 15.3. The molecule has 1 aliphatic heterocycles. The van der Waals surface area contributed by atoms with Crippen LogP contribution in [0.25, 0.3) is 0 Å². The van der Waals surface area contributed by atoms with Gasteiger partial charge in [-0.2, -0.15) is 11.8 Å². The zero-order valence-corrected chi connectivity index (χ0v) is 18.5. The summed E-state index contributed by atoms with van der Waals surface area (Å²) in [6.07, 6.45) is 2.51. The van der Waals surface area contributed by atoms with Crippen LogP contribution in [0.2, 0.25) is 0 Å². The van der Waals surface area contributed by atoms with Gasteiger partial charge >= 0.3 is 0 Å². The second-order valence-corrected chi connectivity index (χ2v) is 7.41. The third-order valence-electron chi connectivity index (χ3n) is 3.96. The second kappa shape index (κ2) is 12.4. The Morgan fingerprint density at radius 1 is 1.31 bits per heavy atom. The fraction of sp³-hybridized carbons (Fsp3) is 0.556. The predicted molar refractivity (Wildman–Crippen MR) is 118 cm³/mol. The van der Waals surface area contributed by atoms with Crippen LogP contribution in [0.15, 0.2) is 23.2 Å². The van der Waals surface area contributed by atoms with Gasteiger partial charge in [0.15, 0.2) is 5.96 Å². The van der Waals surface area contributed by atoms with Crippen LogP contribution < -0.4 is 16.0 Å². The first kappa shape index (κ1) is 23.0. The molecule has 1 aromatic carbocycles. The minimum Gasteiger partial charge on any atom is -0.357 e. The Hall–Kier alpha value is -1.03. The lowest BCUT2D eigenvalue weighted by Crippen LogP contribution is -2.41. The molecule has 0 aliphatic carbocycles. The van der Waals surface area contributed by atoms with E-state index < -0.39 is 0 Å². The number of halogens is 2. The van der Waals surface area contributed by atoms with Gasteiger partial charge in [0.1, 0.15) is 5.82 Å². The maximum Gasteiger partial charge on any atom is 0.251 e. The van der Waals surface area contributed by atoms with E-state index in [1.807, 2.05) is 18.7 Å². The molecule has 0 bridgehead atoms. The highest BCUT2D eigenvalue weighted by Crippen LogP contribution is 2.25. The zero-order chi connectivity index (χ0) is 18.1. The van der Waals surface area contributed by atoms with Crippen molar-refractivity contribution in [2.45, 2.75) is 31.9 Å². The highest BCUT2D eigenvalue weighted by molar-refractivity contribution is 14.0. The van der Waals surface area contributed by atoms with Crippen molar-refractivity contribution in [3.05, 3.63) is 35.1 Å². The van der Waals surface area contributed by atoms with Crippen molar-refractivity contribution in [2.24, 2.45) is 4.99 Å². The molecule has 1 aromatic rings. The number of thioether (sulfide) groups is 1. The lowest BCUT2D eigenvalue weighted by molar-refractivity contribution is 0.0954. The molecule has 26 heavy (non-hydrogen) atoms. The van der Waals surface area contributed by atoms with E-state index in [-0.39, 0.29) is 35.7 Å². The molecule has 0 aromatic heterocycles. The van der Waals surface area contributed by atoms with Crippen molar-refractivity contribution in [1.29, 1.82) is 0 Å². The van der Waals surface area contributed by atoms with Crippen LogP contribution in [0.4, 0.5) is 4.39 Å². The molecule has 0 radical (unpaired) electrons. The highest BCUT2D eigenvalue weighted by atomic mass is 127. The van der Waals surface area contributed by atoms with E-state index in [1.165, 1.54) is 24.7 Å². The van der Waals surface area contributed by atoms with Gasteiger partial charge in [0, 0.05) is 30.4 Å². The standard InChI is InChI=1S/C18H27FN4OS.HI/c1-3-20-18(23-12-15-5-4-10-25-15)22-9-8-21-17(24)14-7-6-13(2)16(19)11-14;/h6-7,11,15H,3-5,8-10,12H2,1-2H3,(H,21,24)(H2,20,22,23);1H. The molecule has 8 heteroatoms. The summed E-state index contributed by atoms with van der Waals surface area (Å²) in [6, 6.07) is 4.51. The monoisotopic (exact) mass is 494 g/mol. The number of carbonyl (C=O) groups excluding carboxylic acids is 1. The Morgan fingerprint density at radius 2 is 2.08 bits per heavy atom. The van der Waals surface area contributed by atoms with E-state index in [9.17, 15) is 9.18 Å². The summed E-state index contributed by atoms with van der Waals surface area (Å²) in [5.41, 5.74) is 0.868. The summed E-state index contributed by atoms with van der Waals surface area (Å²) in [5.74, 6) is 1.36. The third kappa shape index (κ3) is 7.69. The number of aryl methyl sites for hydroxylation is 1. The number of nitrogens with one attached hydrogen (secondary N) is 3. The lowest BCUT2D eigenvalue weighted by Gasteiger charge is -2.13. The minimum absolute atomic E-state index is 0. The van der Waals surface area contributed by atoms with E-state index in [1.54, 1.807) is 19.1 Å². The number of carbonyl (C=O) groups is 1. The molecule has 1 heterocycles. The molecule has 1 fully saturated rings. The number of nitrogens with zero attached hydrogens (tertiary/aromatic N) is 1. The van der Waals surface area contributed by atoms with Gasteiger partial charge in [0.25, 0.3) is 5.91 Å². The van der Waals surface area contributed by atoms with Gasteiger partial charge in [-0.1, -0.05) is 6.07 Å². The van der Waals surface area contributed by atoms with Crippen molar-refractivity contribution in [1.82, 2.24) is 16.0 Å². The Bertz CT molecular complexity index is 609. The molecule has 0 saturated carbocycles. The van der Waals surface area contributed by atoms with Crippen LogP contribution >= 0.6 is 35.7 Å². The third-order valence-corrected chi connectivity index (χ3v) is 5.34. The Morgan fingerprint density at radius 3 is 2.73 bits per heavy atom. The topological polar surface area (TPSA) is 65.5 Å². The normalized spacial score (nSPS) is 16.7. The lowest BCUT2D eigenvalue weighted by atomic mass is 10.1. The van der Waals surface area contributed by atoms with Gasteiger partial charge in [-0.25, -0.2) is 4.39 Å². The molecule has 1 aliphatic rings. The number of rotatable bonds is 7. The average molecular weight is 494 g/mol. The molecule has 5 nitrogen and oxygen atoms in total. The van der Waals surface area contributed by atoms with Crippen LogP contribution in [0, 0.1) is 12.7 Å². The number of hydrogen-bond donors (Lipinski definition) is 3. The van der Waals surface area contributed by atoms with Gasteiger partial charge in [0.05, 0.1) is 6.54 Å². The maximum atomic E-state index is 13.5. The minimum atomic E-state index is -0.364. The first-order valence-electron chi connectivity index (χ1n) is 8.78. The van der Waals surface area contributed by atoms with E-state index in [2.05, 4.69) is 20.9 Å². The predicted octanol–water partition coefficient (Wildman–Crippen LogP) is 2.93. The van der Waals surface area contributed by atoms with Crippen LogP contribution in [-0.4, -0.2) is 49.0 Å². The smallest absolute Gasteiger partial charge is 0.251 e. The van der Waals surface area contributed by atoms with Crippen LogP contribution in [-0.2, 0) is 0 Å². The van der Waals surface area contributed by atoms with Gasteiger partial charge in [-0.15, -0.1) is 24.0 Å². The van der Waals surface area contributed by atoms with Gasteiger partial charge in [-0.3, -0.25) is 9.79 Å². The van der Waals surface area contributed by atoms with Crippen LogP contribution in [0.5, 0.6) is 0 Å². The summed E-state index contributed by atoms with van der Waals surface area (Å²) in [7, 11) is 0. The summed E-state index contributed by atoms with van der Waals surface area (Å²) < 4.78 is 13.5. The summed E-state index contributed by atoms with van der Waals surface area (Å²) in [5, 5.41) is 9.82. The highest BCUT2D eigenvalue weighted by Gasteiger charge is 2.15. The van der Waals surface area contributed by atoms with Crippen molar-refractivity contribution in [3.8, 4) is 0 Å². The fourth-order valence-electron chi connectivity index (χ4n) is 2.52. The van der Waals surface area contributed by atoms with Crippen molar-refractivity contribution in [3.63, 3.8) is 0 Å². The maximum absolute atomic E-state index is 13.5. The number of amides is 1. The van der Waals surface area contributed by atoms with Gasteiger partial charge in [-0.05, 0) is 50.1 Å². The molecule has 2 rings (SSSR count). The summed E-state index contributed by atoms with van der Waals surface area (Å²) in [4.78, 5) is 16.6. The van der Waals surface area contributed by atoms with E-state index in [4.69, 9.17) is 0 Å². The molecule has 0 spiro atoms. The van der Waals surface area contributed by atoms with Crippen molar-refractivity contribution >= 4 is 47.6 Å².